The smallest absolute Gasteiger partial charge is 0.261 e. The molecule has 22 heavy (non-hydrogen) atoms. The van der Waals surface area contributed by atoms with E-state index in [9.17, 15) is 13.2 Å². The van der Waals surface area contributed by atoms with Gasteiger partial charge in [-0.1, -0.05) is 24.3 Å². The van der Waals surface area contributed by atoms with Crippen molar-refractivity contribution in [2.75, 3.05) is 0 Å². The van der Waals surface area contributed by atoms with E-state index in [0.29, 0.717) is 18.4 Å². The molecule has 0 saturated carbocycles. The Bertz CT molecular complexity index is 819. The first-order valence-electron chi connectivity index (χ1n) is 6.86. The minimum absolute atomic E-state index is 0.0315. The third-order valence-electron chi connectivity index (χ3n) is 3.76. The van der Waals surface area contributed by atoms with Gasteiger partial charge in [0.15, 0.2) is 0 Å². The van der Waals surface area contributed by atoms with Crippen LogP contribution in [0.15, 0.2) is 53.4 Å². The molecule has 1 aliphatic carbocycles. The summed E-state index contributed by atoms with van der Waals surface area (Å²) in [5, 5.41) is 2.98. The zero-order valence-corrected chi connectivity index (χ0v) is 13.2. The van der Waals surface area contributed by atoms with E-state index in [4.69, 9.17) is 10.7 Å². The summed E-state index contributed by atoms with van der Waals surface area (Å²) in [5.74, 6) is -0.122. The van der Waals surface area contributed by atoms with Crippen LogP contribution in [0.3, 0.4) is 0 Å². The fourth-order valence-electron chi connectivity index (χ4n) is 2.71. The lowest BCUT2D eigenvalue weighted by atomic mass is 10.1. The molecule has 2 aromatic rings. The van der Waals surface area contributed by atoms with E-state index in [1.807, 2.05) is 18.2 Å². The van der Waals surface area contributed by atoms with Gasteiger partial charge in [0.25, 0.3) is 15.0 Å². The molecule has 1 N–H and O–H groups in total. The average molecular weight is 336 g/mol. The van der Waals surface area contributed by atoms with Crippen LogP contribution in [-0.2, 0) is 21.9 Å². The predicted octanol–water partition coefficient (Wildman–Crippen LogP) is 2.51. The largest absolute Gasteiger partial charge is 0.349 e. The Hall–Kier alpha value is -1.85. The third kappa shape index (κ3) is 3.15. The Labute approximate surface area is 133 Å². The maximum absolute atomic E-state index is 12.1. The molecule has 1 aliphatic rings. The molecule has 4 nitrogen and oxygen atoms in total. The molecule has 0 bridgehead atoms. The van der Waals surface area contributed by atoms with Gasteiger partial charge in [-0.25, -0.2) is 8.42 Å². The third-order valence-corrected chi connectivity index (χ3v) is 5.11. The molecule has 0 saturated heterocycles. The van der Waals surface area contributed by atoms with E-state index in [2.05, 4.69) is 5.32 Å². The summed E-state index contributed by atoms with van der Waals surface area (Å²) in [6.07, 6.45) is 1.30. The van der Waals surface area contributed by atoms with Crippen LogP contribution >= 0.6 is 10.7 Å². The van der Waals surface area contributed by atoms with E-state index in [1.54, 1.807) is 24.3 Å². The fourth-order valence-corrected chi connectivity index (χ4v) is 3.51. The summed E-state index contributed by atoms with van der Waals surface area (Å²) in [5.41, 5.74) is 2.57. The first-order valence-corrected chi connectivity index (χ1v) is 9.17. The average Bonchev–Trinajstić information content (AvgIpc) is 2.88. The zero-order valence-electron chi connectivity index (χ0n) is 11.6. The Kier molecular flexibility index (Phi) is 3.93. The Morgan fingerprint density at radius 3 is 2.41 bits per heavy atom. The van der Waals surface area contributed by atoms with Crippen LogP contribution in [0.5, 0.6) is 0 Å². The highest BCUT2D eigenvalue weighted by Gasteiger charge is 2.25. The fraction of sp³-hybridized carbons (Fsp3) is 0.188. The first-order chi connectivity index (χ1) is 10.4. The maximum Gasteiger partial charge on any atom is 0.261 e. The van der Waals surface area contributed by atoms with E-state index in [1.165, 1.54) is 6.07 Å². The van der Waals surface area contributed by atoms with Gasteiger partial charge in [0.2, 0.25) is 0 Å². The van der Waals surface area contributed by atoms with Crippen LogP contribution in [0, 0.1) is 0 Å². The van der Waals surface area contributed by atoms with Crippen molar-refractivity contribution in [3.05, 3.63) is 65.2 Å². The topological polar surface area (TPSA) is 63.2 Å². The Morgan fingerprint density at radius 1 is 1.05 bits per heavy atom. The monoisotopic (exact) mass is 335 g/mol. The lowest BCUT2D eigenvalue weighted by Gasteiger charge is -2.11. The maximum atomic E-state index is 12.1. The highest BCUT2D eigenvalue weighted by atomic mass is 35.7. The minimum Gasteiger partial charge on any atom is -0.349 e. The predicted molar refractivity (Wildman–Crippen MR) is 84.6 cm³/mol. The number of fused-ring (bicyclic) bond motifs is 1. The van der Waals surface area contributed by atoms with Gasteiger partial charge in [-0.2, -0.15) is 0 Å². The quantitative estimate of drug-likeness (QED) is 0.877. The summed E-state index contributed by atoms with van der Waals surface area (Å²) in [7, 11) is 1.64. The number of hydrogen-bond acceptors (Lipinski definition) is 3. The standard InChI is InChI=1S/C16H14ClNO3S/c17-22(20,21)15-7-6-12-8-14(9-13(12)10-15)18-16(19)11-4-2-1-3-5-11/h1-7,10,14H,8-9H2,(H,18,19)/t14-/m0/s1. The van der Waals surface area contributed by atoms with Crippen molar-refractivity contribution in [2.45, 2.75) is 23.8 Å². The van der Waals surface area contributed by atoms with Crippen molar-refractivity contribution in [1.82, 2.24) is 5.32 Å². The normalized spacial score (nSPS) is 17.0. The summed E-state index contributed by atoms with van der Waals surface area (Å²) in [6.45, 7) is 0. The van der Waals surface area contributed by atoms with Crippen molar-refractivity contribution >= 4 is 25.6 Å². The van der Waals surface area contributed by atoms with E-state index in [0.717, 1.165) is 11.1 Å². The molecule has 2 aromatic carbocycles. The molecule has 0 spiro atoms. The van der Waals surface area contributed by atoms with Crippen LogP contribution < -0.4 is 5.32 Å². The second-order valence-corrected chi connectivity index (χ2v) is 7.88. The van der Waals surface area contributed by atoms with Crippen molar-refractivity contribution in [3.8, 4) is 0 Å². The van der Waals surface area contributed by atoms with Gasteiger partial charge in [0.05, 0.1) is 4.90 Å². The number of benzene rings is 2. The molecule has 0 radical (unpaired) electrons. The number of rotatable bonds is 3. The Morgan fingerprint density at radius 2 is 1.73 bits per heavy atom. The molecule has 114 valence electrons. The van der Waals surface area contributed by atoms with Crippen molar-refractivity contribution in [2.24, 2.45) is 0 Å². The Balaban J connectivity index is 1.74. The highest BCUT2D eigenvalue weighted by molar-refractivity contribution is 8.13. The second kappa shape index (κ2) is 5.74. The molecule has 0 heterocycles. The first kappa shape index (κ1) is 15.1. The summed E-state index contributed by atoms with van der Waals surface area (Å²) < 4.78 is 22.7. The summed E-state index contributed by atoms with van der Waals surface area (Å²) in [4.78, 5) is 12.2. The van der Waals surface area contributed by atoms with Gasteiger partial charge in [-0.3, -0.25) is 4.79 Å². The number of halogens is 1. The van der Waals surface area contributed by atoms with Gasteiger partial charge in [-0.15, -0.1) is 0 Å². The highest BCUT2D eigenvalue weighted by Crippen LogP contribution is 2.26. The lowest BCUT2D eigenvalue weighted by molar-refractivity contribution is 0.0938. The molecule has 1 atom stereocenters. The van der Waals surface area contributed by atoms with Gasteiger partial charge in [0, 0.05) is 22.3 Å². The molecule has 0 unspecified atom stereocenters. The molecular weight excluding hydrogens is 322 g/mol. The van der Waals surface area contributed by atoms with Crippen LogP contribution in [0.25, 0.3) is 0 Å². The molecular formula is C16H14ClNO3S. The van der Waals surface area contributed by atoms with Gasteiger partial charge in [0.1, 0.15) is 0 Å². The molecule has 6 heteroatoms. The molecule has 0 aromatic heterocycles. The molecule has 1 amide bonds. The molecule has 0 fully saturated rings. The molecule has 0 aliphatic heterocycles. The van der Waals surface area contributed by atoms with E-state index >= 15 is 0 Å². The van der Waals surface area contributed by atoms with E-state index in [-0.39, 0.29) is 16.8 Å². The van der Waals surface area contributed by atoms with Crippen molar-refractivity contribution in [1.29, 1.82) is 0 Å². The van der Waals surface area contributed by atoms with E-state index < -0.39 is 9.05 Å². The number of amides is 1. The SMILES string of the molecule is O=C(N[C@H]1Cc2ccc(S(=O)(=O)Cl)cc2C1)c1ccccc1. The number of hydrogen-bond donors (Lipinski definition) is 1. The van der Waals surface area contributed by atoms with Crippen LogP contribution in [0.4, 0.5) is 0 Å². The van der Waals surface area contributed by atoms with Gasteiger partial charge >= 0.3 is 0 Å². The van der Waals surface area contributed by atoms with Crippen molar-refractivity contribution in [3.63, 3.8) is 0 Å². The van der Waals surface area contributed by atoms with Crippen LogP contribution in [0.2, 0.25) is 0 Å². The van der Waals surface area contributed by atoms with Gasteiger partial charge < -0.3 is 5.32 Å². The van der Waals surface area contributed by atoms with Crippen LogP contribution in [-0.4, -0.2) is 20.4 Å². The summed E-state index contributed by atoms with van der Waals surface area (Å²) >= 11 is 0. The second-order valence-electron chi connectivity index (χ2n) is 5.31. The molecule has 3 rings (SSSR count). The number of carbonyl (C=O) groups excluding carboxylic acids is 1. The summed E-state index contributed by atoms with van der Waals surface area (Å²) in [6, 6.07) is 13.8. The van der Waals surface area contributed by atoms with Crippen molar-refractivity contribution < 1.29 is 13.2 Å². The minimum atomic E-state index is -3.72. The van der Waals surface area contributed by atoms with Gasteiger partial charge in [-0.05, 0) is 48.2 Å². The zero-order chi connectivity index (χ0) is 15.7. The number of nitrogens with one attached hydrogen (secondary N) is 1. The lowest BCUT2D eigenvalue weighted by Crippen LogP contribution is -2.35. The number of carbonyl (C=O) groups is 1. The van der Waals surface area contributed by atoms with Crippen LogP contribution in [0.1, 0.15) is 21.5 Å².